The predicted octanol–water partition coefficient (Wildman–Crippen LogP) is 3.26. The van der Waals surface area contributed by atoms with Gasteiger partial charge in [0.15, 0.2) is 9.84 Å². The Kier molecular flexibility index (Phi) is 4.85. The number of methoxy groups -OCH3 is 1. The average Bonchev–Trinajstić information content (AvgIpc) is 3.17. The van der Waals surface area contributed by atoms with E-state index in [4.69, 9.17) is 4.74 Å². The van der Waals surface area contributed by atoms with Gasteiger partial charge in [0.25, 0.3) is 5.91 Å². The van der Waals surface area contributed by atoms with E-state index in [0.717, 1.165) is 16.7 Å². The zero-order chi connectivity index (χ0) is 19.7. The van der Waals surface area contributed by atoms with Gasteiger partial charge in [-0.15, -0.1) is 0 Å². The molecule has 28 heavy (non-hydrogen) atoms. The molecule has 2 aromatic carbocycles. The van der Waals surface area contributed by atoms with Crippen LogP contribution in [0.2, 0.25) is 0 Å². The SMILES string of the molecule is COc1ccc2cc(C(=O)N3CCC(S(=O)(=O)c4ccccc4)CC3)[nH]c2c1. The number of carbonyl (C=O) groups excluding carboxylic acids is 1. The van der Waals surface area contributed by atoms with Gasteiger partial charge in [0.1, 0.15) is 11.4 Å². The molecule has 1 saturated heterocycles. The third-order valence-corrected chi connectivity index (χ3v) is 7.58. The number of fused-ring (bicyclic) bond motifs is 1. The third-order valence-electron chi connectivity index (χ3n) is 5.30. The molecule has 0 atom stereocenters. The summed E-state index contributed by atoms with van der Waals surface area (Å²) in [5.74, 6) is 0.617. The van der Waals surface area contributed by atoms with E-state index < -0.39 is 15.1 Å². The number of sulfone groups is 1. The van der Waals surface area contributed by atoms with Crippen molar-refractivity contribution in [3.05, 3.63) is 60.3 Å². The maximum absolute atomic E-state index is 12.9. The second-order valence-electron chi connectivity index (χ2n) is 6.99. The predicted molar refractivity (Wildman–Crippen MR) is 107 cm³/mol. The minimum absolute atomic E-state index is 0.106. The van der Waals surface area contributed by atoms with E-state index in [1.54, 1.807) is 42.3 Å². The van der Waals surface area contributed by atoms with Gasteiger partial charge in [-0.3, -0.25) is 4.79 Å². The molecule has 1 N–H and O–H groups in total. The van der Waals surface area contributed by atoms with Gasteiger partial charge >= 0.3 is 0 Å². The second-order valence-corrected chi connectivity index (χ2v) is 9.21. The van der Waals surface area contributed by atoms with Crippen molar-refractivity contribution >= 4 is 26.6 Å². The highest BCUT2D eigenvalue weighted by Gasteiger charge is 2.33. The Morgan fingerprint density at radius 1 is 1.07 bits per heavy atom. The number of piperidine rings is 1. The van der Waals surface area contributed by atoms with Crippen molar-refractivity contribution in [3.63, 3.8) is 0 Å². The Morgan fingerprint density at radius 2 is 1.79 bits per heavy atom. The molecular formula is C21H22N2O4S. The van der Waals surface area contributed by atoms with Gasteiger partial charge < -0.3 is 14.6 Å². The molecule has 1 amide bonds. The molecule has 4 rings (SSSR count). The summed E-state index contributed by atoms with van der Waals surface area (Å²) in [5.41, 5.74) is 1.34. The van der Waals surface area contributed by atoms with Crippen molar-refractivity contribution in [2.24, 2.45) is 0 Å². The number of rotatable bonds is 4. The fraction of sp³-hybridized carbons (Fsp3) is 0.286. The number of benzene rings is 2. The number of nitrogens with one attached hydrogen (secondary N) is 1. The van der Waals surface area contributed by atoms with Crippen LogP contribution >= 0.6 is 0 Å². The van der Waals surface area contributed by atoms with E-state index in [2.05, 4.69) is 4.98 Å². The van der Waals surface area contributed by atoms with Gasteiger partial charge in [0.2, 0.25) is 0 Å². The lowest BCUT2D eigenvalue weighted by molar-refractivity contribution is 0.0720. The molecule has 1 fully saturated rings. The molecule has 3 aromatic rings. The largest absolute Gasteiger partial charge is 0.497 e. The van der Waals surface area contributed by atoms with Gasteiger partial charge in [0.05, 0.1) is 17.3 Å². The zero-order valence-electron chi connectivity index (χ0n) is 15.6. The summed E-state index contributed by atoms with van der Waals surface area (Å²) in [7, 11) is -1.76. The second kappa shape index (κ2) is 7.31. The molecule has 0 unspecified atom stereocenters. The lowest BCUT2D eigenvalue weighted by Crippen LogP contribution is -2.42. The average molecular weight is 398 g/mol. The van der Waals surface area contributed by atoms with Crippen LogP contribution < -0.4 is 4.74 Å². The number of aromatic amines is 1. The first kappa shape index (κ1) is 18.6. The molecule has 1 aliphatic heterocycles. The maximum atomic E-state index is 12.9. The molecular weight excluding hydrogens is 376 g/mol. The van der Waals surface area contributed by atoms with Gasteiger partial charge in [-0.2, -0.15) is 0 Å². The lowest BCUT2D eigenvalue weighted by atomic mass is 10.1. The molecule has 2 heterocycles. The molecule has 0 bridgehead atoms. The summed E-state index contributed by atoms with van der Waals surface area (Å²) in [5, 5.41) is 0.483. The van der Waals surface area contributed by atoms with Gasteiger partial charge in [-0.05, 0) is 43.2 Å². The van der Waals surface area contributed by atoms with Gasteiger partial charge in [0, 0.05) is 30.1 Å². The minimum atomic E-state index is -3.36. The van der Waals surface area contributed by atoms with E-state index in [9.17, 15) is 13.2 Å². The van der Waals surface area contributed by atoms with E-state index >= 15 is 0 Å². The van der Waals surface area contributed by atoms with Gasteiger partial charge in [-0.1, -0.05) is 18.2 Å². The first-order valence-electron chi connectivity index (χ1n) is 9.24. The van der Waals surface area contributed by atoms with Crippen molar-refractivity contribution in [3.8, 4) is 5.75 Å². The van der Waals surface area contributed by atoms with Crippen LogP contribution in [-0.4, -0.2) is 49.7 Å². The molecule has 0 saturated carbocycles. The number of ether oxygens (including phenoxy) is 1. The van der Waals surface area contributed by atoms with Crippen LogP contribution in [0.4, 0.5) is 0 Å². The highest BCUT2D eigenvalue weighted by molar-refractivity contribution is 7.92. The quantitative estimate of drug-likeness (QED) is 0.732. The number of nitrogens with zero attached hydrogens (tertiary/aromatic N) is 1. The standard InChI is InChI=1S/C21H22N2O4S/c1-27-16-8-7-15-13-20(22-19(15)14-16)21(24)23-11-9-18(10-12-23)28(25,26)17-5-3-2-4-6-17/h2-8,13-14,18,22H,9-12H2,1H3. The monoisotopic (exact) mass is 398 g/mol. The lowest BCUT2D eigenvalue weighted by Gasteiger charge is -2.31. The van der Waals surface area contributed by atoms with Crippen molar-refractivity contribution in [1.82, 2.24) is 9.88 Å². The number of carbonyl (C=O) groups is 1. The minimum Gasteiger partial charge on any atom is -0.497 e. The van der Waals surface area contributed by atoms with E-state index in [-0.39, 0.29) is 5.91 Å². The number of H-pyrrole nitrogens is 1. The molecule has 0 spiro atoms. The summed E-state index contributed by atoms with van der Waals surface area (Å²) in [6.07, 6.45) is 0.883. The summed E-state index contributed by atoms with van der Waals surface area (Å²) in [6.45, 7) is 0.850. The molecule has 0 radical (unpaired) electrons. The molecule has 6 nitrogen and oxygen atoms in total. The van der Waals surface area contributed by atoms with Crippen LogP contribution in [0.5, 0.6) is 5.75 Å². The third kappa shape index (κ3) is 3.38. The summed E-state index contributed by atoms with van der Waals surface area (Å²) in [6, 6.07) is 16.0. The number of likely N-dealkylation sites (tertiary alicyclic amines) is 1. The summed E-state index contributed by atoms with van der Waals surface area (Å²) < 4.78 is 30.8. The van der Waals surface area contributed by atoms with Gasteiger partial charge in [-0.25, -0.2) is 8.42 Å². The summed E-state index contributed by atoms with van der Waals surface area (Å²) in [4.78, 5) is 18.1. The topological polar surface area (TPSA) is 79.5 Å². The first-order valence-corrected chi connectivity index (χ1v) is 10.8. The number of hydrogen-bond donors (Lipinski definition) is 1. The fourth-order valence-corrected chi connectivity index (χ4v) is 5.44. The van der Waals surface area contributed by atoms with Crippen molar-refractivity contribution in [2.45, 2.75) is 23.0 Å². The Morgan fingerprint density at radius 3 is 2.46 bits per heavy atom. The summed E-state index contributed by atoms with van der Waals surface area (Å²) >= 11 is 0. The Balaban J connectivity index is 1.47. The Labute approximate surface area is 164 Å². The highest BCUT2D eigenvalue weighted by Crippen LogP contribution is 2.26. The zero-order valence-corrected chi connectivity index (χ0v) is 16.4. The molecule has 1 aliphatic rings. The van der Waals surface area contributed by atoms with Crippen LogP contribution in [0, 0.1) is 0 Å². The Hall–Kier alpha value is -2.80. The van der Waals surface area contributed by atoms with E-state index in [0.29, 0.717) is 36.5 Å². The van der Waals surface area contributed by atoms with Crippen LogP contribution in [0.15, 0.2) is 59.5 Å². The Bertz CT molecular complexity index is 1100. The maximum Gasteiger partial charge on any atom is 0.270 e. The highest BCUT2D eigenvalue weighted by atomic mass is 32.2. The van der Waals surface area contributed by atoms with Crippen molar-refractivity contribution in [1.29, 1.82) is 0 Å². The number of aromatic nitrogens is 1. The molecule has 146 valence electrons. The number of hydrogen-bond acceptors (Lipinski definition) is 4. The van der Waals surface area contributed by atoms with Crippen molar-refractivity contribution in [2.75, 3.05) is 20.2 Å². The van der Waals surface area contributed by atoms with Crippen LogP contribution in [0.3, 0.4) is 0 Å². The fourth-order valence-electron chi connectivity index (χ4n) is 3.69. The van der Waals surface area contributed by atoms with Crippen molar-refractivity contribution < 1.29 is 17.9 Å². The van der Waals surface area contributed by atoms with Crippen LogP contribution in [0.1, 0.15) is 23.3 Å². The van der Waals surface area contributed by atoms with Crippen LogP contribution in [-0.2, 0) is 9.84 Å². The number of amides is 1. The molecule has 7 heteroatoms. The smallest absolute Gasteiger partial charge is 0.270 e. The van der Waals surface area contributed by atoms with E-state index in [1.807, 2.05) is 24.3 Å². The molecule has 0 aliphatic carbocycles. The van der Waals surface area contributed by atoms with Crippen LogP contribution in [0.25, 0.3) is 10.9 Å². The normalized spacial score (nSPS) is 15.7. The molecule has 1 aromatic heterocycles. The van der Waals surface area contributed by atoms with E-state index in [1.165, 1.54) is 0 Å². The first-order chi connectivity index (χ1) is 13.5.